The van der Waals surface area contributed by atoms with Crippen LogP contribution in [-0.2, 0) is 0 Å². The van der Waals surface area contributed by atoms with E-state index in [9.17, 15) is 0 Å². The van der Waals surface area contributed by atoms with Gasteiger partial charge in [-0.2, -0.15) is 0 Å². The first kappa shape index (κ1) is 14.3. The Morgan fingerprint density at radius 3 is 2.72 bits per heavy atom. The van der Waals surface area contributed by atoms with Crippen LogP contribution < -0.4 is 5.32 Å². The van der Waals surface area contributed by atoms with Crippen molar-refractivity contribution in [3.05, 3.63) is 0 Å². The summed E-state index contributed by atoms with van der Waals surface area (Å²) >= 11 is 0. The minimum absolute atomic E-state index is 0.674. The number of piperazine rings is 1. The van der Waals surface area contributed by atoms with Gasteiger partial charge in [0.25, 0.3) is 0 Å². The molecule has 2 rings (SSSR count). The van der Waals surface area contributed by atoms with Crippen LogP contribution in [-0.4, -0.2) is 61.2 Å². The molecule has 0 amide bonds. The summed E-state index contributed by atoms with van der Waals surface area (Å²) in [5, 5.41) is 3.56. The highest BCUT2D eigenvalue weighted by atomic mass is 15.3. The molecule has 0 saturated carbocycles. The number of fused-ring (bicyclic) bond motifs is 1. The van der Waals surface area contributed by atoms with Gasteiger partial charge in [0.1, 0.15) is 0 Å². The highest BCUT2D eigenvalue weighted by Gasteiger charge is 2.34. The SMILES string of the molecule is CCCC(NC)C(CC)N1CCN2CCCC2C1. The molecular formula is C15H31N3. The van der Waals surface area contributed by atoms with Gasteiger partial charge in [0.2, 0.25) is 0 Å². The quantitative estimate of drug-likeness (QED) is 0.780. The predicted octanol–water partition coefficient (Wildman–Crippen LogP) is 1.93. The largest absolute Gasteiger partial charge is 0.315 e. The maximum Gasteiger partial charge on any atom is 0.0247 e. The highest BCUT2D eigenvalue weighted by molar-refractivity contribution is 4.92. The third kappa shape index (κ3) is 3.06. The Bertz CT molecular complexity index is 244. The van der Waals surface area contributed by atoms with Gasteiger partial charge in [0, 0.05) is 37.8 Å². The zero-order valence-electron chi connectivity index (χ0n) is 12.5. The highest BCUT2D eigenvalue weighted by Crippen LogP contribution is 2.24. The summed E-state index contributed by atoms with van der Waals surface area (Å²) in [6.07, 6.45) is 6.70. The lowest BCUT2D eigenvalue weighted by atomic mass is 9.97. The minimum atomic E-state index is 0.674. The molecular weight excluding hydrogens is 222 g/mol. The van der Waals surface area contributed by atoms with Crippen LogP contribution in [0.2, 0.25) is 0 Å². The van der Waals surface area contributed by atoms with E-state index in [1.54, 1.807) is 0 Å². The van der Waals surface area contributed by atoms with Gasteiger partial charge >= 0.3 is 0 Å². The standard InChI is InChI=1S/C15H31N3/c1-4-7-14(16-3)15(5-2)18-11-10-17-9-6-8-13(17)12-18/h13-16H,4-12H2,1-3H3. The fourth-order valence-electron chi connectivity index (χ4n) is 3.95. The summed E-state index contributed by atoms with van der Waals surface area (Å²) in [5.74, 6) is 0. The molecule has 2 fully saturated rings. The molecule has 2 saturated heterocycles. The van der Waals surface area contributed by atoms with Crippen molar-refractivity contribution in [2.45, 2.75) is 64.1 Å². The molecule has 0 radical (unpaired) electrons. The molecule has 3 nitrogen and oxygen atoms in total. The lowest BCUT2D eigenvalue weighted by Crippen LogP contribution is -2.58. The summed E-state index contributed by atoms with van der Waals surface area (Å²) in [5.41, 5.74) is 0. The Hall–Kier alpha value is -0.120. The first-order valence-corrected chi connectivity index (χ1v) is 7.95. The molecule has 2 heterocycles. The van der Waals surface area contributed by atoms with Gasteiger partial charge < -0.3 is 5.32 Å². The molecule has 18 heavy (non-hydrogen) atoms. The average Bonchev–Trinajstić information content (AvgIpc) is 2.86. The molecule has 0 aromatic rings. The van der Waals surface area contributed by atoms with Gasteiger partial charge in [-0.15, -0.1) is 0 Å². The van der Waals surface area contributed by atoms with E-state index in [-0.39, 0.29) is 0 Å². The van der Waals surface area contributed by atoms with E-state index in [2.05, 4.69) is 36.0 Å². The van der Waals surface area contributed by atoms with E-state index < -0.39 is 0 Å². The van der Waals surface area contributed by atoms with Crippen LogP contribution in [0.1, 0.15) is 46.0 Å². The van der Waals surface area contributed by atoms with Crippen LogP contribution in [0.5, 0.6) is 0 Å². The van der Waals surface area contributed by atoms with Crippen LogP contribution in [0.4, 0.5) is 0 Å². The van der Waals surface area contributed by atoms with Crippen molar-refractivity contribution < 1.29 is 0 Å². The van der Waals surface area contributed by atoms with Crippen molar-refractivity contribution in [2.24, 2.45) is 0 Å². The summed E-state index contributed by atoms with van der Waals surface area (Å²) < 4.78 is 0. The Kier molecular flexibility index (Phi) is 5.46. The van der Waals surface area contributed by atoms with E-state index in [0.29, 0.717) is 6.04 Å². The molecule has 3 atom stereocenters. The van der Waals surface area contributed by atoms with E-state index >= 15 is 0 Å². The van der Waals surface area contributed by atoms with Crippen LogP contribution in [0.25, 0.3) is 0 Å². The molecule has 2 aliphatic rings. The second-order valence-electron chi connectivity index (χ2n) is 5.99. The maximum atomic E-state index is 3.56. The number of hydrogen-bond donors (Lipinski definition) is 1. The van der Waals surface area contributed by atoms with Gasteiger partial charge in [-0.1, -0.05) is 20.3 Å². The molecule has 106 valence electrons. The Balaban J connectivity index is 1.94. The molecule has 3 unspecified atom stereocenters. The summed E-state index contributed by atoms with van der Waals surface area (Å²) in [6, 6.07) is 2.26. The van der Waals surface area contributed by atoms with Gasteiger partial charge in [0.05, 0.1) is 0 Å². The predicted molar refractivity (Wildman–Crippen MR) is 78.0 cm³/mol. The van der Waals surface area contributed by atoms with Crippen molar-refractivity contribution in [3.63, 3.8) is 0 Å². The summed E-state index contributed by atoms with van der Waals surface area (Å²) in [7, 11) is 2.13. The van der Waals surface area contributed by atoms with Crippen molar-refractivity contribution in [3.8, 4) is 0 Å². The van der Waals surface area contributed by atoms with Gasteiger partial charge in [-0.3, -0.25) is 9.80 Å². The lowest BCUT2D eigenvalue weighted by Gasteiger charge is -2.44. The molecule has 0 bridgehead atoms. The third-order valence-corrected chi connectivity index (χ3v) is 4.94. The number of likely N-dealkylation sites (N-methyl/N-ethyl adjacent to an activating group) is 1. The normalized spacial score (nSPS) is 29.2. The van der Waals surface area contributed by atoms with E-state index in [1.165, 1.54) is 58.3 Å². The first-order chi connectivity index (χ1) is 8.80. The lowest BCUT2D eigenvalue weighted by molar-refractivity contribution is 0.0544. The minimum Gasteiger partial charge on any atom is -0.315 e. The maximum absolute atomic E-state index is 3.56. The van der Waals surface area contributed by atoms with Crippen molar-refractivity contribution in [1.82, 2.24) is 15.1 Å². The first-order valence-electron chi connectivity index (χ1n) is 7.95. The van der Waals surface area contributed by atoms with Gasteiger partial charge in [-0.05, 0) is 39.3 Å². The fourth-order valence-corrected chi connectivity index (χ4v) is 3.95. The Morgan fingerprint density at radius 2 is 2.06 bits per heavy atom. The fraction of sp³-hybridized carbons (Fsp3) is 1.00. The molecule has 3 heteroatoms. The molecule has 0 aromatic carbocycles. The average molecular weight is 253 g/mol. The number of hydrogen-bond acceptors (Lipinski definition) is 3. The molecule has 0 spiro atoms. The van der Waals surface area contributed by atoms with Crippen molar-refractivity contribution in [2.75, 3.05) is 33.2 Å². The van der Waals surface area contributed by atoms with Crippen molar-refractivity contribution in [1.29, 1.82) is 0 Å². The zero-order valence-corrected chi connectivity index (χ0v) is 12.5. The molecule has 1 N–H and O–H groups in total. The van der Waals surface area contributed by atoms with Crippen LogP contribution in [0.15, 0.2) is 0 Å². The van der Waals surface area contributed by atoms with Crippen LogP contribution >= 0.6 is 0 Å². The topological polar surface area (TPSA) is 18.5 Å². The van der Waals surface area contributed by atoms with E-state index in [1.807, 2.05) is 0 Å². The Labute approximate surface area is 113 Å². The molecule has 0 aliphatic carbocycles. The molecule has 0 aromatic heterocycles. The van der Waals surface area contributed by atoms with Gasteiger partial charge in [-0.25, -0.2) is 0 Å². The monoisotopic (exact) mass is 253 g/mol. The third-order valence-electron chi connectivity index (χ3n) is 4.94. The second kappa shape index (κ2) is 6.88. The zero-order chi connectivity index (χ0) is 13.0. The summed E-state index contributed by atoms with van der Waals surface area (Å²) in [6.45, 7) is 9.87. The number of nitrogens with one attached hydrogen (secondary N) is 1. The number of nitrogens with zero attached hydrogens (tertiary/aromatic N) is 2. The van der Waals surface area contributed by atoms with Crippen LogP contribution in [0.3, 0.4) is 0 Å². The molecule has 2 aliphatic heterocycles. The number of rotatable bonds is 6. The van der Waals surface area contributed by atoms with E-state index in [0.717, 1.165) is 12.1 Å². The second-order valence-corrected chi connectivity index (χ2v) is 5.99. The smallest absolute Gasteiger partial charge is 0.0247 e. The van der Waals surface area contributed by atoms with Crippen LogP contribution in [0, 0.1) is 0 Å². The summed E-state index contributed by atoms with van der Waals surface area (Å²) in [4.78, 5) is 5.47. The van der Waals surface area contributed by atoms with E-state index in [4.69, 9.17) is 0 Å². The Morgan fingerprint density at radius 1 is 1.22 bits per heavy atom. The van der Waals surface area contributed by atoms with Gasteiger partial charge in [0.15, 0.2) is 0 Å². The van der Waals surface area contributed by atoms with Crippen molar-refractivity contribution >= 4 is 0 Å².